The average Bonchev–Trinajstić information content (AvgIpc) is 2.83. The van der Waals surface area contributed by atoms with Gasteiger partial charge in [0.25, 0.3) is 10.0 Å². The first kappa shape index (κ1) is 11.9. The fourth-order valence-electron chi connectivity index (χ4n) is 1.24. The van der Waals surface area contributed by atoms with Gasteiger partial charge in [0.2, 0.25) is 0 Å². The van der Waals surface area contributed by atoms with Crippen LogP contribution in [0.3, 0.4) is 0 Å². The van der Waals surface area contributed by atoms with Crippen LogP contribution in [0.5, 0.6) is 5.75 Å². The quantitative estimate of drug-likeness (QED) is 0.926. The lowest BCUT2D eigenvalue weighted by Gasteiger charge is -2.07. The Morgan fingerprint density at radius 2 is 2.24 bits per heavy atom. The number of thiophene rings is 1. The summed E-state index contributed by atoms with van der Waals surface area (Å²) in [7, 11) is -1.99. The van der Waals surface area contributed by atoms with Crippen molar-refractivity contribution in [3.8, 4) is 5.75 Å². The van der Waals surface area contributed by atoms with E-state index in [0.717, 1.165) is 11.3 Å². The Hall–Kier alpha value is -1.53. The van der Waals surface area contributed by atoms with Crippen molar-refractivity contribution in [3.63, 3.8) is 0 Å². The lowest BCUT2D eigenvalue weighted by molar-refractivity contribution is 0.415. The molecule has 1 aromatic carbocycles. The molecule has 1 heterocycles. The van der Waals surface area contributed by atoms with Crippen molar-refractivity contribution in [2.75, 3.05) is 11.8 Å². The maximum absolute atomic E-state index is 11.9. The van der Waals surface area contributed by atoms with Crippen LogP contribution in [0.4, 0.5) is 5.69 Å². The van der Waals surface area contributed by atoms with E-state index < -0.39 is 10.0 Å². The summed E-state index contributed by atoms with van der Waals surface area (Å²) in [6.45, 7) is 0. The van der Waals surface area contributed by atoms with E-state index in [-0.39, 0.29) is 4.21 Å². The monoisotopic (exact) mass is 268 g/mol. The fourth-order valence-corrected chi connectivity index (χ4v) is 3.26. The van der Waals surface area contributed by atoms with Gasteiger partial charge in [0.1, 0.15) is 9.96 Å². The van der Waals surface area contributed by atoms with Gasteiger partial charge in [-0.3, -0.25) is 4.72 Å². The Kier molecular flexibility index (Phi) is 3.35. The molecule has 0 spiro atoms. The van der Waals surface area contributed by atoms with Crippen LogP contribution in [0.25, 0.3) is 0 Å². The van der Waals surface area contributed by atoms with Crippen LogP contribution in [-0.2, 0) is 10.0 Å². The van der Waals surface area contributed by atoms with Gasteiger partial charge in [-0.15, -0.1) is 11.3 Å². The highest BCUT2D eigenvalue weighted by atomic mass is 32.2. The van der Waals surface area contributed by atoms with Gasteiger partial charge in [-0.1, -0.05) is 6.07 Å². The SMILES string of the molecule is COc1cc[c]c(NS(=O)(=O)c2cccs2)c1. The lowest BCUT2D eigenvalue weighted by atomic mass is 10.3. The summed E-state index contributed by atoms with van der Waals surface area (Å²) in [6, 6.07) is 10.9. The van der Waals surface area contributed by atoms with Gasteiger partial charge >= 0.3 is 0 Å². The minimum Gasteiger partial charge on any atom is -0.497 e. The van der Waals surface area contributed by atoms with Gasteiger partial charge in [-0.2, -0.15) is 0 Å². The van der Waals surface area contributed by atoms with Gasteiger partial charge in [0.15, 0.2) is 0 Å². The smallest absolute Gasteiger partial charge is 0.271 e. The molecule has 0 fully saturated rings. The largest absolute Gasteiger partial charge is 0.497 e. The summed E-state index contributed by atoms with van der Waals surface area (Å²) >= 11 is 1.16. The molecule has 0 aliphatic heterocycles. The molecule has 0 saturated heterocycles. The van der Waals surface area contributed by atoms with E-state index in [0.29, 0.717) is 11.4 Å². The Morgan fingerprint density at radius 3 is 2.88 bits per heavy atom. The Bertz CT molecular complexity index is 591. The molecule has 2 rings (SSSR count). The van der Waals surface area contributed by atoms with Crippen molar-refractivity contribution in [2.45, 2.75) is 4.21 Å². The van der Waals surface area contributed by atoms with E-state index >= 15 is 0 Å². The predicted molar refractivity (Wildman–Crippen MR) is 67.0 cm³/mol. The zero-order valence-corrected chi connectivity index (χ0v) is 10.6. The van der Waals surface area contributed by atoms with Crippen LogP contribution in [0, 0.1) is 6.07 Å². The van der Waals surface area contributed by atoms with Crippen LogP contribution < -0.4 is 9.46 Å². The lowest BCUT2D eigenvalue weighted by Crippen LogP contribution is -2.11. The number of nitrogens with one attached hydrogen (secondary N) is 1. The molecule has 0 aliphatic rings. The molecule has 6 heteroatoms. The normalized spacial score (nSPS) is 11.1. The Labute approximate surface area is 104 Å². The predicted octanol–water partition coefficient (Wildman–Crippen LogP) is 2.36. The minimum absolute atomic E-state index is 0.272. The number of benzene rings is 1. The zero-order chi connectivity index (χ0) is 12.3. The summed E-state index contributed by atoms with van der Waals surface area (Å²) in [5.41, 5.74) is 0.359. The molecule has 17 heavy (non-hydrogen) atoms. The van der Waals surface area contributed by atoms with E-state index in [1.54, 1.807) is 35.7 Å². The Morgan fingerprint density at radius 1 is 1.41 bits per heavy atom. The second-order valence-electron chi connectivity index (χ2n) is 3.18. The highest BCUT2D eigenvalue weighted by molar-refractivity contribution is 7.94. The van der Waals surface area contributed by atoms with Crippen molar-refractivity contribution in [1.82, 2.24) is 0 Å². The van der Waals surface area contributed by atoms with Crippen LogP contribution in [0.15, 0.2) is 39.9 Å². The van der Waals surface area contributed by atoms with E-state index in [1.807, 2.05) is 0 Å². The number of methoxy groups -OCH3 is 1. The van der Waals surface area contributed by atoms with Crippen molar-refractivity contribution in [3.05, 3.63) is 41.8 Å². The second-order valence-corrected chi connectivity index (χ2v) is 6.04. The van der Waals surface area contributed by atoms with Crippen LogP contribution in [0.2, 0.25) is 0 Å². The highest BCUT2D eigenvalue weighted by Crippen LogP contribution is 2.22. The van der Waals surface area contributed by atoms with Crippen molar-refractivity contribution < 1.29 is 13.2 Å². The first-order valence-corrected chi connectivity index (χ1v) is 7.10. The molecule has 0 aliphatic carbocycles. The first-order valence-electron chi connectivity index (χ1n) is 4.74. The average molecular weight is 268 g/mol. The summed E-state index contributed by atoms with van der Waals surface area (Å²) in [6.07, 6.45) is 0. The number of ether oxygens (including phenoxy) is 1. The number of rotatable bonds is 4. The topological polar surface area (TPSA) is 55.4 Å². The number of anilines is 1. The van der Waals surface area contributed by atoms with E-state index in [2.05, 4.69) is 10.8 Å². The van der Waals surface area contributed by atoms with E-state index in [4.69, 9.17) is 4.74 Å². The molecule has 1 aromatic heterocycles. The third-order valence-electron chi connectivity index (χ3n) is 2.01. The van der Waals surface area contributed by atoms with Gasteiger partial charge < -0.3 is 4.74 Å². The minimum atomic E-state index is -3.51. The maximum Gasteiger partial charge on any atom is 0.271 e. The van der Waals surface area contributed by atoms with Crippen LogP contribution >= 0.6 is 11.3 Å². The standard InChI is InChI=1S/C11H10NO3S2/c1-15-10-5-2-4-9(8-10)12-17(13,14)11-6-3-7-16-11/h2-3,5-8,12H,1H3. The number of sulfonamides is 1. The second kappa shape index (κ2) is 4.77. The number of hydrogen-bond donors (Lipinski definition) is 1. The molecule has 2 aromatic rings. The summed E-state index contributed by atoms with van der Waals surface area (Å²) in [5.74, 6) is 0.577. The molecule has 0 bridgehead atoms. The van der Waals surface area contributed by atoms with E-state index in [1.165, 1.54) is 7.11 Å². The van der Waals surface area contributed by atoms with Crippen molar-refractivity contribution in [2.24, 2.45) is 0 Å². The molecule has 0 amide bonds. The zero-order valence-electron chi connectivity index (χ0n) is 9.01. The summed E-state index contributed by atoms with van der Waals surface area (Å²) in [4.78, 5) is 0. The highest BCUT2D eigenvalue weighted by Gasteiger charge is 2.15. The van der Waals surface area contributed by atoms with Crippen LogP contribution in [-0.4, -0.2) is 15.5 Å². The fraction of sp³-hybridized carbons (Fsp3) is 0.0909. The third kappa shape index (κ3) is 2.78. The molecule has 1 N–H and O–H groups in total. The van der Waals surface area contributed by atoms with Gasteiger partial charge in [0, 0.05) is 12.1 Å². The van der Waals surface area contributed by atoms with Crippen molar-refractivity contribution >= 4 is 27.0 Å². The first-order chi connectivity index (χ1) is 8.12. The van der Waals surface area contributed by atoms with Gasteiger partial charge in [-0.05, 0) is 23.6 Å². The molecule has 0 unspecified atom stereocenters. The summed E-state index contributed by atoms with van der Waals surface area (Å²) in [5, 5.41) is 1.71. The Balaban J connectivity index is 2.26. The maximum atomic E-state index is 11.9. The summed E-state index contributed by atoms with van der Waals surface area (Å²) < 4.78 is 31.5. The molecular formula is C11H10NO3S2. The van der Waals surface area contributed by atoms with Gasteiger partial charge in [-0.25, -0.2) is 8.42 Å². The molecule has 0 atom stereocenters. The molecule has 4 nitrogen and oxygen atoms in total. The number of hydrogen-bond acceptors (Lipinski definition) is 4. The van der Waals surface area contributed by atoms with Gasteiger partial charge in [0.05, 0.1) is 12.8 Å². The third-order valence-corrected chi connectivity index (χ3v) is 4.78. The molecule has 1 radical (unpaired) electrons. The molecule has 89 valence electrons. The molecule has 0 saturated carbocycles. The van der Waals surface area contributed by atoms with Crippen molar-refractivity contribution in [1.29, 1.82) is 0 Å². The van der Waals surface area contributed by atoms with E-state index in [9.17, 15) is 8.42 Å². The molecular weight excluding hydrogens is 258 g/mol. The van der Waals surface area contributed by atoms with Crippen LogP contribution in [0.1, 0.15) is 0 Å².